The fraction of sp³-hybridized carbons (Fsp3) is 0.462. The third-order valence-electron chi connectivity index (χ3n) is 3.29. The van der Waals surface area contributed by atoms with E-state index in [-0.39, 0.29) is 11.6 Å². The summed E-state index contributed by atoms with van der Waals surface area (Å²) in [6, 6.07) is 6.61. The van der Waals surface area contributed by atoms with Crippen LogP contribution in [0.3, 0.4) is 0 Å². The fourth-order valence-electron chi connectivity index (χ4n) is 2.33. The van der Waals surface area contributed by atoms with Crippen LogP contribution in [0.2, 0.25) is 0 Å². The van der Waals surface area contributed by atoms with Crippen LogP contribution in [0.4, 0.5) is 5.69 Å². The molecule has 1 saturated heterocycles. The van der Waals surface area contributed by atoms with E-state index in [1.54, 1.807) is 12.1 Å². The molecule has 0 bridgehead atoms. The number of rotatable bonds is 4. The van der Waals surface area contributed by atoms with Gasteiger partial charge >= 0.3 is 0 Å². The molecular formula is C13H16N2O3. The predicted octanol–water partition coefficient (Wildman–Crippen LogP) is 2.01. The predicted molar refractivity (Wildman–Crippen MR) is 67.2 cm³/mol. The molecule has 1 aromatic carbocycles. The van der Waals surface area contributed by atoms with Crippen molar-refractivity contribution in [2.75, 3.05) is 13.1 Å². The summed E-state index contributed by atoms with van der Waals surface area (Å²) in [6.45, 7) is 2.53. The topological polar surface area (TPSA) is 63.5 Å². The summed E-state index contributed by atoms with van der Waals surface area (Å²) in [5, 5.41) is 10.5. The van der Waals surface area contributed by atoms with Crippen molar-refractivity contribution < 1.29 is 9.72 Å². The first kappa shape index (κ1) is 12.7. The van der Waals surface area contributed by atoms with Gasteiger partial charge in [-0.1, -0.05) is 12.1 Å². The lowest BCUT2D eigenvalue weighted by atomic mass is 9.99. The molecule has 1 atom stereocenters. The number of likely N-dealkylation sites (tertiary alicyclic amines) is 1. The summed E-state index contributed by atoms with van der Waals surface area (Å²) in [6.07, 6.45) is 3.04. The Labute approximate surface area is 106 Å². The second kappa shape index (κ2) is 5.73. The highest BCUT2D eigenvalue weighted by molar-refractivity contribution is 5.53. The molecular weight excluding hydrogens is 232 g/mol. The number of aldehydes is 1. The molecule has 1 unspecified atom stereocenters. The highest BCUT2D eigenvalue weighted by Gasteiger charge is 2.19. The van der Waals surface area contributed by atoms with E-state index in [1.165, 1.54) is 12.1 Å². The smallest absolute Gasteiger partial charge is 0.269 e. The fourth-order valence-corrected chi connectivity index (χ4v) is 2.33. The Kier molecular flexibility index (Phi) is 4.04. The van der Waals surface area contributed by atoms with Crippen LogP contribution in [0.5, 0.6) is 0 Å². The van der Waals surface area contributed by atoms with E-state index in [9.17, 15) is 14.9 Å². The number of piperidine rings is 1. The zero-order valence-electron chi connectivity index (χ0n) is 10.1. The van der Waals surface area contributed by atoms with Crippen molar-refractivity contribution in [1.82, 2.24) is 4.90 Å². The Bertz CT molecular complexity index is 430. The van der Waals surface area contributed by atoms with E-state index in [0.717, 1.165) is 44.3 Å². The minimum Gasteiger partial charge on any atom is -0.303 e. The van der Waals surface area contributed by atoms with Crippen molar-refractivity contribution in [3.05, 3.63) is 39.9 Å². The molecule has 5 heteroatoms. The molecule has 1 aromatic rings. The third-order valence-corrected chi connectivity index (χ3v) is 3.29. The molecule has 2 rings (SSSR count). The Morgan fingerprint density at radius 1 is 1.39 bits per heavy atom. The van der Waals surface area contributed by atoms with Crippen molar-refractivity contribution in [2.45, 2.75) is 19.4 Å². The zero-order chi connectivity index (χ0) is 13.0. The highest BCUT2D eigenvalue weighted by Crippen LogP contribution is 2.18. The Morgan fingerprint density at radius 2 is 2.11 bits per heavy atom. The highest BCUT2D eigenvalue weighted by atomic mass is 16.6. The molecule has 18 heavy (non-hydrogen) atoms. The van der Waals surface area contributed by atoms with Crippen LogP contribution in [-0.2, 0) is 11.3 Å². The number of hydrogen-bond acceptors (Lipinski definition) is 4. The Hall–Kier alpha value is -1.75. The van der Waals surface area contributed by atoms with Crippen molar-refractivity contribution in [2.24, 2.45) is 5.92 Å². The van der Waals surface area contributed by atoms with Crippen LogP contribution in [0, 0.1) is 16.0 Å². The number of carbonyl (C=O) groups is 1. The van der Waals surface area contributed by atoms with E-state index in [1.807, 2.05) is 0 Å². The van der Waals surface area contributed by atoms with Crippen LogP contribution in [0.15, 0.2) is 24.3 Å². The second-order valence-corrected chi connectivity index (χ2v) is 4.70. The molecule has 5 nitrogen and oxygen atoms in total. The van der Waals surface area contributed by atoms with Crippen LogP contribution >= 0.6 is 0 Å². The standard InChI is InChI=1S/C13H16N2O3/c16-10-12-2-1-7-14(9-12)8-11-3-5-13(6-4-11)15(17)18/h3-6,10,12H,1-2,7-9H2. The molecule has 0 saturated carbocycles. The maximum Gasteiger partial charge on any atom is 0.269 e. The number of non-ortho nitro benzene ring substituents is 1. The van der Waals surface area contributed by atoms with Gasteiger partial charge in [-0.05, 0) is 24.9 Å². The summed E-state index contributed by atoms with van der Waals surface area (Å²) in [7, 11) is 0. The monoisotopic (exact) mass is 248 g/mol. The minimum atomic E-state index is -0.396. The molecule has 1 fully saturated rings. The van der Waals surface area contributed by atoms with E-state index in [2.05, 4.69) is 4.90 Å². The van der Waals surface area contributed by atoms with Gasteiger partial charge in [-0.2, -0.15) is 0 Å². The molecule has 0 radical (unpaired) electrons. The van der Waals surface area contributed by atoms with Gasteiger partial charge in [0.1, 0.15) is 6.29 Å². The van der Waals surface area contributed by atoms with Gasteiger partial charge < -0.3 is 4.79 Å². The second-order valence-electron chi connectivity index (χ2n) is 4.70. The summed E-state index contributed by atoms with van der Waals surface area (Å²) in [5.74, 6) is 0.136. The van der Waals surface area contributed by atoms with Gasteiger partial charge in [0.05, 0.1) is 4.92 Å². The summed E-state index contributed by atoms with van der Waals surface area (Å²) in [5.41, 5.74) is 1.16. The van der Waals surface area contributed by atoms with Crippen molar-refractivity contribution in [3.8, 4) is 0 Å². The average Bonchev–Trinajstić information content (AvgIpc) is 2.39. The normalized spacial score (nSPS) is 20.6. The van der Waals surface area contributed by atoms with Crippen molar-refractivity contribution in [3.63, 3.8) is 0 Å². The van der Waals surface area contributed by atoms with E-state index in [0.29, 0.717) is 0 Å². The maximum absolute atomic E-state index is 10.8. The Morgan fingerprint density at radius 3 is 2.72 bits per heavy atom. The number of nitro benzene ring substituents is 1. The van der Waals surface area contributed by atoms with Crippen LogP contribution in [-0.4, -0.2) is 29.2 Å². The van der Waals surface area contributed by atoms with Crippen LogP contribution < -0.4 is 0 Å². The number of nitro groups is 1. The van der Waals surface area contributed by atoms with Crippen LogP contribution in [0.25, 0.3) is 0 Å². The first-order valence-corrected chi connectivity index (χ1v) is 6.10. The van der Waals surface area contributed by atoms with E-state index in [4.69, 9.17) is 0 Å². The summed E-state index contributed by atoms with van der Waals surface area (Å²) in [4.78, 5) is 23.1. The maximum atomic E-state index is 10.8. The number of hydrogen-bond donors (Lipinski definition) is 0. The van der Waals surface area contributed by atoms with E-state index < -0.39 is 4.92 Å². The van der Waals surface area contributed by atoms with Gasteiger partial charge in [0.25, 0.3) is 5.69 Å². The third kappa shape index (κ3) is 3.13. The number of benzene rings is 1. The van der Waals surface area contributed by atoms with Gasteiger partial charge in [0, 0.05) is 31.1 Å². The molecule has 0 spiro atoms. The molecule has 1 aliphatic heterocycles. The summed E-state index contributed by atoms with van der Waals surface area (Å²) >= 11 is 0. The molecule has 0 aliphatic carbocycles. The van der Waals surface area contributed by atoms with Gasteiger partial charge in [-0.25, -0.2) is 0 Å². The average molecular weight is 248 g/mol. The van der Waals surface area contributed by atoms with Crippen LogP contribution in [0.1, 0.15) is 18.4 Å². The van der Waals surface area contributed by atoms with Gasteiger partial charge in [0.2, 0.25) is 0 Å². The largest absolute Gasteiger partial charge is 0.303 e. The van der Waals surface area contributed by atoms with Gasteiger partial charge in [-0.3, -0.25) is 15.0 Å². The zero-order valence-corrected chi connectivity index (χ0v) is 10.1. The molecule has 96 valence electrons. The first-order chi connectivity index (χ1) is 8.69. The van der Waals surface area contributed by atoms with Crippen molar-refractivity contribution >= 4 is 12.0 Å². The minimum absolute atomic E-state index is 0.114. The van der Waals surface area contributed by atoms with E-state index >= 15 is 0 Å². The molecule has 0 amide bonds. The molecule has 1 aliphatic rings. The number of nitrogens with zero attached hydrogens (tertiary/aromatic N) is 2. The molecule has 0 aromatic heterocycles. The molecule has 1 heterocycles. The lowest BCUT2D eigenvalue weighted by Gasteiger charge is -2.30. The SMILES string of the molecule is O=CC1CCCN(Cc2ccc([N+](=O)[O-])cc2)C1. The Balaban J connectivity index is 1.96. The molecule has 0 N–H and O–H groups in total. The quantitative estimate of drug-likeness (QED) is 0.464. The van der Waals surface area contributed by atoms with Gasteiger partial charge in [0.15, 0.2) is 0 Å². The lowest BCUT2D eigenvalue weighted by Crippen LogP contribution is -2.35. The summed E-state index contributed by atoms with van der Waals surface area (Å²) < 4.78 is 0. The van der Waals surface area contributed by atoms with Crippen molar-refractivity contribution in [1.29, 1.82) is 0 Å². The first-order valence-electron chi connectivity index (χ1n) is 6.10. The lowest BCUT2D eigenvalue weighted by molar-refractivity contribution is -0.384. The van der Waals surface area contributed by atoms with Gasteiger partial charge in [-0.15, -0.1) is 0 Å². The number of carbonyl (C=O) groups excluding carboxylic acids is 1.